The van der Waals surface area contributed by atoms with Gasteiger partial charge in [0.25, 0.3) is 0 Å². The van der Waals surface area contributed by atoms with Crippen molar-refractivity contribution in [2.24, 2.45) is 0 Å². The highest BCUT2D eigenvalue weighted by Gasteiger charge is 2.24. The number of hydrogen-bond donors (Lipinski definition) is 4. The fourth-order valence-electron chi connectivity index (χ4n) is 4.61. The summed E-state index contributed by atoms with van der Waals surface area (Å²) in [7, 11) is 0. The number of pyridine rings is 1. The first-order valence-electron chi connectivity index (χ1n) is 13.3. The maximum Gasteiger partial charge on any atom is 0.339 e. The van der Waals surface area contributed by atoms with Crippen LogP contribution in [0.5, 0.6) is 5.75 Å². The summed E-state index contributed by atoms with van der Waals surface area (Å²) in [6, 6.07) is 22.1. The highest BCUT2D eigenvalue weighted by molar-refractivity contribution is 6.42. The average molecular weight is 683 g/mol. The van der Waals surface area contributed by atoms with E-state index in [2.05, 4.69) is 15.6 Å². The number of hydrogen-bond acceptors (Lipinski definition) is 6. The van der Waals surface area contributed by atoms with Crippen molar-refractivity contribution in [2.45, 2.75) is 13.5 Å². The summed E-state index contributed by atoms with van der Waals surface area (Å²) < 4.78 is 5.93. The predicted octanol–water partition coefficient (Wildman–Crippen LogP) is 10.1. The van der Waals surface area contributed by atoms with E-state index in [4.69, 9.17) is 51.1 Å². The molecule has 0 spiro atoms. The number of anilines is 4. The molecule has 45 heavy (non-hydrogen) atoms. The molecule has 0 radical (unpaired) electrons. The number of rotatable bonds is 10. The summed E-state index contributed by atoms with van der Waals surface area (Å²) in [6.07, 6.45) is 1.42. The minimum atomic E-state index is -1.26. The number of aromatic nitrogens is 1. The van der Waals surface area contributed by atoms with E-state index >= 15 is 0 Å². The number of aromatic carboxylic acids is 2. The Hall–Kier alpha value is -4.47. The second-order valence-electron chi connectivity index (χ2n) is 9.74. The molecule has 4 aromatic carbocycles. The highest BCUT2D eigenvalue weighted by Crippen LogP contribution is 2.46. The van der Waals surface area contributed by atoms with Crippen LogP contribution in [0.3, 0.4) is 0 Å². The van der Waals surface area contributed by atoms with Gasteiger partial charge < -0.3 is 25.6 Å². The van der Waals surface area contributed by atoms with E-state index in [1.165, 1.54) is 18.3 Å². The van der Waals surface area contributed by atoms with Crippen LogP contribution < -0.4 is 15.4 Å². The fraction of sp³-hybridized carbons (Fsp3) is 0.0606. The SMILES string of the molecule is Cc1cc(-c2cccc(Nc3c(Cl)ccc(OCc4ccccc4)c3Cl)c2C(=O)O)c(Cl)c(Nc2ncccc2C(=O)O)c1Cl. The molecule has 0 saturated carbocycles. The van der Waals surface area contributed by atoms with Crippen LogP contribution in [-0.4, -0.2) is 27.1 Å². The molecule has 0 saturated heterocycles. The van der Waals surface area contributed by atoms with Crippen molar-refractivity contribution in [1.29, 1.82) is 0 Å². The molecule has 0 amide bonds. The standard InChI is InChI=1S/C33H23Cl4N3O5/c1-17-15-21(27(36)30(26(17)35)40-31-20(32(41)42)10-6-14-38-31)19-9-5-11-23(25(19)33(43)44)39-29-22(34)12-13-24(28(29)37)45-16-18-7-3-2-4-8-18/h2-15,39H,16H2,1H3,(H,38,40)(H,41,42)(H,43,44). The van der Waals surface area contributed by atoms with Crippen LogP contribution in [0.2, 0.25) is 20.1 Å². The molecule has 1 aromatic heterocycles. The maximum absolute atomic E-state index is 12.8. The molecule has 12 heteroatoms. The Morgan fingerprint density at radius 3 is 2.24 bits per heavy atom. The van der Waals surface area contributed by atoms with Crippen molar-refractivity contribution < 1.29 is 24.5 Å². The molecule has 0 atom stereocenters. The minimum absolute atomic E-state index is 0.0119. The molecule has 0 bridgehead atoms. The zero-order valence-corrected chi connectivity index (χ0v) is 26.4. The van der Waals surface area contributed by atoms with Gasteiger partial charge in [0.05, 0.1) is 37.7 Å². The Labute approximate surface area is 278 Å². The number of aryl methyl sites for hydroxylation is 1. The molecular weight excluding hydrogens is 660 g/mol. The largest absolute Gasteiger partial charge is 0.487 e. The highest BCUT2D eigenvalue weighted by atomic mass is 35.5. The van der Waals surface area contributed by atoms with Gasteiger partial charge in [-0.3, -0.25) is 0 Å². The van der Waals surface area contributed by atoms with Crippen LogP contribution in [0, 0.1) is 6.92 Å². The third kappa shape index (κ3) is 6.79. The summed E-state index contributed by atoms with van der Waals surface area (Å²) >= 11 is 26.7. The predicted molar refractivity (Wildman–Crippen MR) is 179 cm³/mol. The fourth-order valence-corrected chi connectivity index (χ4v) is 5.68. The molecular formula is C33H23Cl4N3O5. The monoisotopic (exact) mass is 681 g/mol. The number of ether oxygens (including phenoxy) is 1. The summed E-state index contributed by atoms with van der Waals surface area (Å²) in [5, 5.41) is 26.7. The van der Waals surface area contributed by atoms with Crippen LogP contribution >= 0.6 is 46.4 Å². The molecule has 0 aliphatic carbocycles. The van der Waals surface area contributed by atoms with Gasteiger partial charge in [0.1, 0.15) is 28.8 Å². The van der Waals surface area contributed by atoms with Crippen molar-refractivity contribution in [3.8, 4) is 16.9 Å². The first-order chi connectivity index (χ1) is 21.6. The van der Waals surface area contributed by atoms with Crippen LogP contribution in [0.4, 0.5) is 22.9 Å². The average Bonchev–Trinajstić information content (AvgIpc) is 3.03. The number of carboxylic acid groups (broad SMARTS) is 2. The summed E-state index contributed by atoms with van der Waals surface area (Å²) in [5.41, 5.74) is 2.43. The van der Waals surface area contributed by atoms with E-state index in [1.54, 1.807) is 43.3 Å². The number of nitrogens with zero attached hydrogens (tertiary/aromatic N) is 1. The molecule has 8 nitrogen and oxygen atoms in total. The summed E-state index contributed by atoms with van der Waals surface area (Å²) in [4.78, 5) is 28.7. The molecule has 0 fully saturated rings. The zero-order valence-electron chi connectivity index (χ0n) is 23.4. The zero-order chi connectivity index (χ0) is 32.2. The van der Waals surface area contributed by atoms with E-state index in [9.17, 15) is 19.8 Å². The Bertz CT molecular complexity index is 1940. The van der Waals surface area contributed by atoms with Gasteiger partial charge in [0.15, 0.2) is 0 Å². The molecule has 5 aromatic rings. The van der Waals surface area contributed by atoms with E-state index in [-0.39, 0.29) is 66.3 Å². The smallest absolute Gasteiger partial charge is 0.339 e. The van der Waals surface area contributed by atoms with Crippen molar-refractivity contribution in [2.75, 3.05) is 10.6 Å². The van der Waals surface area contributed by atoms with Gasteiger partial charge in [-0.15, -0.1) is 0 Å². The van der Waals surface area contributed by atoms with Gasteiger partial charge >= 0.3 is 11.9 Å². The third-order valence-corrected chi connectivity index (χ3v) is 8.35. The van der Waals surface area contributed by atoms with Gasteiger partial charge in [0.2, 0.25) is 0 Å². The van der Waals surface area contributed by atoms with Crippen LogP contribution in [0.1, 0.15) is 31.8 Å². The Kier molecular flexibility index (Phi) is 9.70. The summed E-state index contributed by atoms with van der Waals surface area (Å²) in [5.74, 6) is -2.10. The molecule has 5 rings (SSSR count). The lowest BCUT2D eigenvalue weighted by molar-refractivity contribution is 0.0687. The van der Waals surface area contributed by atoms with E-state index in [0.717, 1.165) is 5.56 Å². The second kappa shape index (κ2) is 13.7. The molecule has 1 heterocycles. The number of nitrogens with one attached hydrogen (secondary N) is 2. The van der Waals surface area contributed by atoms with Crippen molar-refractivity contribution >= 4 is 81.2 Å². The van der Waals surface area contributed by atoms with Gasteiger partial charge in [-0.05, 0) is 60.0 Å². The van der Waals surface area contributed by atoms with E-state index in [0.29, 0.717) is 16.9 Å². The number of halogens is 4. The quantitative estimate of drug-likeness (QED) is 0.115. The van der Waals surface area contributed by atoms with Gasteiger partial charge in [0, 0.05) is 11.8 Å². The second-order valence-corrected chi connectivity index (χ2v) is 11.3. The van der Waals surface area contributed by atoms with E-state index in [1.807, 2.05) is 30.3 Å². The topological polar surface area (TPSA) is 121 Å². The lowest BCUT2D eigenvalue weighted by atomic mass is 9.95. The Morgan fingerprint density at radius 1 is 0.778 bits per heavy atom. The van der Waals surface area contributed by atoms with Crippen LogP contribution in [0.15, 0.2) is 85.1 Å². The van der Waals surface area contributed by atoms with Gasteiger partial charge in [-0.25, -0.2) is 14.6 Å². The van der Waals surface area contributed by atoms with Crippen molar-refractivity contribution in [3.05, 3.63) is 127 Å². The minimum Gasteiger partial charge on any atom is -0.487 e. The lowest BCUT2D eigenvalue weighted by Crippen LogP contribution is -2.08. The van der Waals surface area contributed by atoms with E-state index < -0.39 is 11.9 Å². The molecule has 0 unspecified atom stereocenters. The Morgan fingerprint density at radius 2 is 1.53 bits per heavy atom. The van der Waals surface area contributed by atoms with Crippen molar-refractivity contribution in [3.63, 3.8) is 0 Å². The van der Waals surface area contributed by atoms with Gasteiger partial charge in [-0.2, -0.15) is 0 Å². The first-order valence-corrected chi connectivity index (χ1v) is 14.8. The molecule has 0 aliphatic rings. The number of benzene rings is 4. The Balaban J connectivity index is 1.56. The number of carboxylic acids is 2. The third-order valence-electron chi connectivity index (χ3n) is 6.79. The number of carbonyl (C=O) groups is 2. The van der Waals surface area contributed by atoms with Crippen molar-refractivity contribution in [1.82, 2.24) is 4.98 Å². The molecule has 228 valence electrons. The summed E-state index contributed by atoms with van der Waals surface area (Å²) in [6.45, 7) is 1.97. The lowest BCUT2D eigenvalue weighted by Gasteiger charge is -2.20. The molecule has 4 N–H and O–H groups in total. The van der Waals surface area contributed by atoms with Crippen LogP contribution in [-0.2, 0) is 6.61 Å². The van der Waals surface area contributed by atoms with Gasteiger partial charge in [-0.1, -0.05) is 88.9 Å². The maximum atomic E-state index is 12.8. The normalized spacial score (nSPS) is 10.8. The molecule has 0 aliphatic heterocycles. The van der Waals surface area contributed by atoms with Crippen LogP contribution in [0.25, 0.3) is 11.1 Å². The first kappa shape index (κ1) is 31.9.